The smallest absolute Gasteiger partial charge is 0.252 e. The summed E-state index contributed by atoms with van der Waals surface area (Å²) in [4.78, 5) is 11.8. The van der Waals surface area contributed by atoms with Gasteiger partial charge in [0.2, 0.25) is 0 Å². The van der Waals surface area contributed by atoms with E-state index >= 15 is 0 Å². The number of thiophene rings is 1. The number of rotatable bonds is 5. The Morgan fingerprint density at radius 1 is 1.67 bits per heavy atom. The van der Waals surface area contributed by atoms with E-state index in [-0.39, 0.29) is 11.9 Å². The summed E-state index contributed by atoms with van der Waals surface area (Å²) in [6, 6.07) is 0.0156. The molecule has 1 rings (SSSR count). The minimum atomic E-state index is -0.0322. The fourth-order valence-electron chi connectivity index (χ4n) is 1.18. The molecule has 0 radical (unpaired) electrons. The SMILES string of the molecule is COCC(CBr)NC(=O)c1cscc1C. The molecule has 1 amide bonds. The van der Waals surface area contributed by atoms with Gasteiger partial charge in [-0.15, -0.1) is 0 Å². The molecule has 1 atom stereocenters. The van der Waals surface area contributed by atoms with E-state index < -0.39 is 0 Å². The molecular formula is C10H14BrNO2S. The molecule has 1 unspecified atom stereocenters. The molecule has 1 aromatic heterocycles. The van der Waals surface area contributed by atoms with Crippen molar-refractivity contribution in [2.75, 3.05) is 19.0 Å². The average molecular weight is 292 g/mol. The highest BCUT2D eigenvalue weighted by molar-refractivity contribution is 9.09. The van der Waals surface area contributed by atoms with Gasteiger partial charge in [-0.1, -0.05) is 15.9 Å². The molecule has 0 aliphatic carbocycles. The summed E-state index contributed by atoms with van der Waals surface area (Å²) in [5, 5.41) is 7.43. The molecule has 3 nitrogen and oxygen atoms in total. The number of alkyl halides is 1. The predicted octanol–water partition coefficient (Wildman–Crippen LogP) is 2.20. The van der Waals surface area contributed by atoms with Gasteiger partial charge in [0.25, 0.3) is 5.91 Å². The number of carbonyl (C=O) groups excluding carboxylic acids is 1. The fraction of sp³-hybridized carbons (Fsp3) is 0.500. The Labute approximate surface area is 102 Å². The van der Waals surface area contributed by atoms with Gasteiger partial charge in [0.05, 0.1) is 18.2 Å². The van der Waals surface area contributed by atoms with Crippen molar-refractivity contribution in [3.05, 3.63) is 21.9 Å². The molecule has 0 aliphatic heterocycles. The Morgan fingerprint density at radius 3 is 2.87 bits per heavy atom. The monoisotopic (exact) mass is 291 g/mol. The largest absolute Gasteiger partial charge is 0.383 e. The number of nitrogens with one attached hydrogen (secondary N) is 1. The standard InChI is InChI=1S/C10H14BrNO2S/c1-7-5-15-6-9(7)10(13)12-8(3-11)4-14-2/h5-6,8H,3-4H2,1-2H3,(H,12,13). The molecule has 5 heteroatoms. The highest BCUT2D eigenvalue weighted by Gasteiger charge is 2.14. The van der Waals surface area contributed by atoms with E-state index in [0.29, 0.717) is 11.9 Å². The number of methoxy groups -OCH3 is 1. The molecule has 0 fully saturated rings. The second-order valence-corrected chi connectivity index (χ2v) is 4.64. The molecule has 0 saturated carbocycles. The molecular weight excluding hydrogens is 278 g/mol. The first-order valence-corrected chi connectivity index (χ1v) is 6.64. The van der Waals surface area contributed by atoms with Crippen molar-refractivity contribution >= 4 is 33.2 Å². The van der Waals surface area contributed by atoms with E-state index in [4.69, 9.17) is 4.74 Å². The van der Waals surface area contributed by atoms with E-state index in [1.54, 1.807) is 7.11 Å². The van der Waals surface area contributed by atoms with Gasteiger partial charge in [0.15, 0.2) is 0 Å². The predicted molar refractivity (Wildman–Crippen MR) is 66.0 cm³/mol. The minimum Gasteiger partial charge on any atom is -0.383 e. The Hall–Kier alpha value is -0.390. The summed E-state index contributed by atoms with van der Waals surface area (Å²) in [5.41, 5.74) is 1.77. The Bertz CT molecular complexity index is 327. The molecule has 0 bridgehead atoms. The maximum Gasteiger partial charge on any atom is 0.252 e. The zero-order chi connectivity index (χ0) is 11.3. The van der Waals surface area contributed by atoms with Gasteiger partial charge in [0.1, 0.15) is 0 Å². The molecule has 0 saturated heterocycles. The Balaban J connectivity index is 2.58. The van der Waals surface area contributed by atoms with Crippen molar-refractivity contribution in [2.45, 2.75) is 13.0 Å². The molecule has 1 N–H and O–H groups in total. The molecule has 1 heterocycles. The van der Waals surface area contributed by atoms with Crippen LogP contribution in [0.3, 0.4) is 0 Å². The van der Waals surface area contributed by atoms with E-state index in [2.05, 4.69) is 21.2 Å². The van der Waals surface area contributed by atoms with Crippen LogP contribution in [-0.4, -0.2) is 31.0 Å². The number of amides is 1. The van der Waals surface area contributed by atoms with Crippen LogP contribution in [0, 0.1) is 6.92 Å². The van der Waals surface area contributed by atoms with Crippen molar-refractivity contribution in [1.82, 2.24) is 5.32 Å². The van der Waals surface area contributed by atoms with Crippen LogP contribution in [0.2, 0.25) is 0 Å². The summed E-state index contributed by atoms with van der Waals surface area (Å²) in [6.07, 6.45) is 0. The number of hydrogen-bond acceptors (Lipinski definition) is 3. The summed E-state index contributed by atoms with van der Waals surface area (Å²) < 4.78 is 5.00. The lowest BCUT2D eigenvalue weighted by Gasteiger charge is -2.14. The van der Waals surface area contributed by atoms with Crippen molar-refractivity contribution in [1.29, 1.82) is 0 Å². The number of carbonyl (C=O) groups is 1. The van der Waals surface area contributed by atoms with E-state index in [1.165, 1.54) is 11.3 Å². The Kier molecular flexibility index (Phi) is 5.28. The topological polar surface area (TPSA) is 38.3 Å². The quantitative estimate of drug-likeness (QED) is 0.845. The summed E-state index contributed by atoms with van der Waals surface area (Å²) in [6.45, 7) is 2.45. The highest BCUT2D eigenvalue weighted by Crippen LogP contribution is 2.13. The molecule has 1 aromatic rings. The molecule has 15 heavy (non-hydrogen) atoms. The molecule has 0 spiro atoms. The summed E-state index contributed by atoms with van der Waals surface area (Å²) >= 11 is 4.87. The number of aryl methyl sites for hydroxylation is 1. The van der Waals surface area contributed by atoms with Crippen molar-refractivity contribution in [3.63, 3.8) is 0 Å². The van der Waals surface area contributed by atoms with Gasteiger partial charge in [-0.2, -0.15) is 11.3 Å². The third-order valence-electron chi connectivity index (χ3n) is 1.99. The van der Waals surface area contributed by atoms with Crippen LogP contribution in [0.15, 0.2) is 10.8 Å². The van der Waals surface area contributed by atoms with Crippen molar-refractivity contribution < 1.29 is 9.53 Å². The zero-order valence-electron chi connectivity index (χ0n) is 8.75. The number of halogens is 1. The summed E-state index contributed by atoms with van der Waals surface area (Å²) in [7, 11) is 1.62. The lowest BCUT2D eigenvalue weighted by molar-refractivity contribution is 0.0908. The Morgan fingerprint density at radius 2 is 2.40 bits per heavy atom. The molecule has 0 aliphatic rings. The fourth-order valence-corrected chi connectivity index (χ4v) is 2.36. The second kappa shape index (κ2) is 6.25. The van der Waals surface area contributed by atoms with Gasteiger partial charge in [-0.25, -0.2) is 0 Å². The lowest BCUT2D eigenvalue weighted by atomic mass is 10.2. The van der Waals surface area contributed by atoms with Crippen molar-refractivity contribution in [3.8, 4) is 0 Å². The zero-order valence-corrected chi connectivity index (χ0v) is 11.2. The van der Waals surface area contributed by atoms with Crippen LogP contribution in [0.1, 0.15) is 15.9 Å². The van der Waals surface area contributed by atoms with E-state index in [0.717, 1.165) is 11.1 Å². The number of ether oxygens (including phenoxy) is 1. The van der Waals surface area contributed by atoms with Crippen LogP contribution in [0.25, 0.3) is 0 Å². The molecule has 84 valence electrons. The van der Waals surface area contributed by atoms with E-state index in [9.17, 15) is 4.79 Å². The molecule has 0 aromatic carbocycles. The second-order valence-electron chi connectivity index (χ2n) is 3.25. The van der Waals surface area contributed by atoms with Gasteiger partial charge < -0.3 is 10.1 Å². The van der Waals surface area contributed by atoms with Gasteiger partial charge in [-0.05, 0) is 17.9 Å². The van der Waals surface area contributed by atoms with Gasteiger partial charge >= 0.3 is 0 Å². The third-order valence-corrected chi connectivity index (χ3v) is 3.63. The first-order valence-electron chi connectivity index (χ1n) is 4.57. The minimum absolute atomic E-state index is 0.0156. The maximum atomic E-state index is 11.8. The average Bonchev–Trinajstić information content (AvgIpc) is 2.63. The van der Waals surface area contributed by atoms with Crippen LogP contribution in [-0.2, 0) is 4.74 Å². The lowest BCUT2D eigenvalue weighted by Crippen LogP contribution is -2.39. The summed E-state index contributed by atoms with van der Waals surface area (Å²) in [5.74, 6) is -0.0322. The first-order chi connectivity index (χ1) is 7.19. The van der Waals surface area contributed by atoms with Crippen LogP contribution < -0.4 is 5.32 Å². The third kappa shape index (κ3) is 3.59. The number of hydrogen-bond donors (Lipinski definition) is 1. The van der Waals surface area contributed by atoms with Gasteiger partial charge in [-0.3, -0.25) is 4.79 Å². The van der Waals surface area contributed by atoms with Crippen LogP contribution in [0.5, 0.6) is 0 Å². The van der Waals surface area contributed by atoms with Crippen molar-refractivity contribution in [2.24, 2.45) is 0 Å². The maximum absolute atomic E-state index is 11.8. The van der Waals surface area contributed by atoms with Crippen LogP contribution in [0.4, 0.5) is 0 Å². The highest BCUT2D eigenvalue weighted by atomic mass is 79.9. The first kappa shape index (κ1) is 12.7. The van der Waals surface area contributed by atoms with Crippen LogP contribution >= 0.6 is 27.3 Å². The normalized spacial score (nSPS) is 12.5. The van der Waals surface area contributed by atoms with E-state index in [1.807, 2.05) is 17.7 Å². The van der Waals surface area contributed by atoms with Gasteiger partial charge in [0, 0.05) is 17.8 Å².